The lowest BCUT2D eigenvalue weighted by Gasteiger charge is -2.18. The molecule has 3 heterocycles. The third-order valence-electron chi connectivity index (χ3n) is 3.71. The van der Waals surface area contributed by atoms with E-state index in [0.29, 0.717) is 17.0 Å². The Morgan fingerprint density at radius 2 is 2.27 bits per heavy atom. The summed E-state index contributed by atoms with van der Waals surface area (Å²) in [4.78, 5) is 12.4. The van der Waals surface area contributed by atoms with Crippen LogP contribution in [0.4, 0.5) is 11.8 Å². The highest BCUT2D eigenvalue weighted by atomic mass is 16.6. The SMILES string of the molecule is CNc1nc(N)nc2c1ncn2[C@@H]1O[C@H](CO)[C@H](OC)[C@@H]1O. The number of aromatic nitrogens is 4. The summed E-state index contributed by atoms with van der Waals surface area (Å²) in [7, 11) is 3.15. The Morgan fingerprint density at radius 1 is 1.50 bits per heavy atom. The molecule has 1 fully saturated rings. The monoisotopic (exact) mass is 310 g/mol. The van der Waals surface area contributed by atoms with Gasteiger partial charge in [0.1, 0.15) is 18.3 Å². The Kier molecular flexibility index (Phi) is 3.83. The number of imidazole rings is 1. The average molecular weight is 310 g/mol. The molecule has 120 valence electrons. The Balaban J connectivity index is 2.06. The zero-order valence-electron chi connectivity index (χ0n) is 12.2. The quantitative estimate of drug-likeness (QED) is 0.543. The van der Waals surface area contributed by atoms with Gasteiger partial charge in [-0.05, 0) is 0 Å². The molecule has 0 radical (unpaired) electrons. The molecule has 0 bridgehead atoms. The fraction of sp³-hybridized carbons (Fsp3) is 0.583. The molecule has 5 N–H and O–H groups in total. The van der Waals surface area contributed by atoms with Gasteiger partial charge in [0.05, 0.1) is 12.9 Å². The molecule has 10 heteroatoms. The summed E-state index contributed by atoms with van der Waals surface area (Å²) in [5.41, 5.74) is 6.63. The molecule has 1 saturated heterocycles. The van der Waals surface area contributed by atoms with Crippen LogP contribution in [0.1, 0.15) is 6.23 Å². The van der Waals surface area contributed by atoms with E-state index in [-0.39, 0.29) is 12.6 Å². The molecule has 0 spiro atoms. The van der Waals surface area contributed by atoms with Gasteiger partial charge in [-0.2, -0.15) is 9.97 Å². The molecule has 2 aromatic heterocycles. The molecule has 1 aliphatic heterocycles. The summed E-state index contributed by atoms with van der Waals surface area (Å²) < 4.78 is 12.4. The summed E-state index contributed by atoms with van der Waals surface area (Å²) in [6, 6.07) is 0. The minimum atomic E-state index is -0.978. The van der Waals surface area contributed by atoms with Crippen LogP contribution in [0, 0.1) is 0 Å². The number of nitrogens with one attached hydrogen (secondary N) is 1. The van der Waals surface area contributed by atoms with Crippen molar-refractivity contribution in [2.24, 2.45) is 0 Å². The van der Waals surface area contributed by atoms with Crippen LogP contribution in [-0.2, 0) is 9.47 Å². The third-order valence-corrected chi connectivity index (χ3v) is 3.71. The van der Waals surface area contributed by atoms with Crippen molar-refractivity contribution in [1.29, 1.82) is 0 Å². The van der Waals surface area contributed by atoms with Crippen molar-refractivity contribution >= 4 is 22.9 Å². The van der Waals surface area contributed by atoms with Gasteiger partial charge >= 0.3 is 0 Å². The molecule has 0 aromatic carbocycles. The first-order valence-corrected chi connectivity index (χ1v) is 6.75. The number of aliphatic hydroxyl groups excluding tert-OH is 2. The van der Waals surface area contributed by atoms with Crippen LogP contribution < -0.4 is 11.1 Å². The topological polar surface area (TPSA) is 141 Å². The molecular formula is C12H18N6O4. The molecule has 4 atom stereocenters. The second-order valence-corrected chi connectivity index (χ2v) is 4.94. The Hall–Kier alpha value is -2.01. The largest absolute Gasteiger partial charge is 0.394 e. The normalized spacial score (nSPS) is 28.4. The van der Waals surface area contributed by atoms with E-state index in [1.54, 1.807) is 11.6 Å². The van der Waals surface area contributed by atoms with Gasteiger partial charge in [-0.15, -0.1) is 0 Å². The number of methoxy groups -OCH3 is 1. The number of ether oxygens (including phenoxy) is 2. The zero-order valence-corrected chi connectivity index (χ0v) is 12.2. The highest BCUT2D eigenvalue weighted by Gasteiger charge is 2.45. The van der Waals surface area contributed by atoms with Crippen LogP contribution in [0.15, 0.2) is 6.33 Å². The molecule has 1 aliphatic rings. The van der Waals surface area contributed by atoms with Gasteiger partial charge in [0.2, 0.25) is 5.95 Å². The van der Waals surface area contributed by atoms with Crippen molar-refractivity contribution in [3.05, 3.63) is 6.33 Å². The fourth-order valence-corrected chi connectivity index (χ4v) is 2.68. The second-order valence-electron chi connectivity index (χ2n) is 4.94. The fourth-order valence-electron chi connectivity index (χ4n) is 2.68. The molecule has 0 unspecified atom stereocenters. The molecule has 10 nitrogen and oxygen atoms in total. The molecular weight excluding hydrogens is 292 g/mol. The maximum absolute atomic E-state index is 10.4. The summed E-state index contributed by atoms with van der Waals surface area (Å²) in [5.74, 6) is 0.559. The molecule has 0 saturated carbocycles. The van der Waals surface area contributed by atoms with E-state index in [0.717, 1.165) is 0 Å². The summed E-state index contributed by atoms with van der Waals surface area (Å²) in [6.07, 6.45) is -1.55. The van der Waals surface area contributed by atoms with Crippen molar-refractivity contribution in [1.82, 2.24) is 19.5 Å². The van der Waals surface area contributed by atoms with Crippen LogP contribution in [-0.4, -0.2) is 68.8 Å². The van der Waals surface area contributed by atoms with E-state index in [1.165, 1.54) is 13.4 Å². The molecule has 22 heavy (non-hydrogen) atoms. The van der Waals surface area contributed by atoms with E-state index < -0.39 is 24.5 Å². The smallest absolute Gasteiger partial charge is 0.224 e. The third kappa shape index (κ3) is 2.16. The number of anilines is 2. The van der Waals surface area contributed by atoms with Gasteiger partial charge in [-0.25, -0.2) is 4.98 Å². The minimum absolute atomic E-state index is 0.0769. The lowest BCUT2D eigenvalue weighted by atomic mass is 10.1. The lowest BCUT2D eigenvalue weighted by molar-refractivity contribution is -0.0535. The molecule has 2 aromatic rings. The van der Waals surface area contributed by atoms with E-state index in [1.807, 2.05) is 0 Å². The number of aliphatic hydroxyl groups is 2. The maximum Gasteiger partial charge on any atom is 0.224 e. The number of hydrogen-bond acceptors (Lipinski definition) is 9. The van der Waals surface area contributed by atoms with Gasteiger partial charge in [0, 0.05) is 14.2 Å². The standard InChI is InChI=1S/C12H18N6O4/c1-14-9-6-10(17-12(13)16-9)18(4-15-6)11-7(20)8(21-2)5(3-19)22-11/h4-5,7-8,11,19-20H,3H2,1-2H3,(H3,13,14,16,17)/t5-,7+,8+,11-/m1/s1. The Labute approximate surface area is 125 Å². The van der Waals surface area contributed by atoms with E-state index in [4.69, 9.17) is 15.2 Å². The number of nitrogens with zero attached hydrogens (tertiary/aromatic N) is 4. The van der Waals surface area contributed by atoms with Gasteiger partial charge in [0.25, 0.3) is 0 Å². The van der Waals surface area contributed by atoms with Crippen LogP contribution >= 0.6 is 0 Å². The lowest BCUT2D eigenvalue weighted by Crippen LogP contribution is -2.35. The highest BCUT2D eigenvalue weighted by Crippen LogP contribution is 2.33. The first-order chi connectivity index (χ1) is 10.6. The van der Waals surface area contributed by atoms with Gasteiger partial charge in [-0.1, -0.05) is 0 Å². The van der Waals surface area contributed by atoms with E-state index in [2.05, 4.69) is 20.3 Å². The molecule has 0 aliphatic carbocycles. The average Bonchev–Trinajstić information content (AvgIpc) is 3.06. The predicted octanol–water partition coefficient (Wildman–Crippen LogP) is -1.28. The Morgan fingerprint density at radius 3 is 2.86 bits per heavy atom. The van der Waals surface area contributed by atoms with Crippen LogP contribution in [0.2, 0.25) is 0 Å². The minimum Gasteiger partial charge on any atom is -0.394 e. The van der Waals surface area contributed by atoms with E-state index in [9.17, 15) is 10.2 Å². The highest BCUT2D eigenvalue weighted by molar-refractivity contribution is 5.84. The van der Waals surface area contributed by atoms with Crippen molar-refractivity contribution in [2.45, 2.75) is 24.5 Å². The number of fused-ring (bicyclic) bond motifs is 1. The van der Waals surface area contributed by atoms with Crippen LogP contribution in [0.25, 0.3) is 11.2 Å². The van der Waals surface area contributed by atoms with E-state index >= 15 is 0 Å². The summed E-state index contributed by atoms with van der Waals surface area (Å²) in [5, 5.41) is 22.6. The van der Waals surface area contributed by atoms with Gasteiger partial charge in [0.15, 0.2) is 23.2 Å². The Bertz CT molecular complexity index is 677. The van der Waals surface area contributed by atoms with Gasteiger partial charge < -0.3 is 30.7 Å². The number of nitrogens with two attached hydrogens (primary N) is 1. The van der Waals surface area contributed by atoms with Crippen LogP contribution in [0.3, 0.4) is 0 Å². The first-order valence-electron chi connectivity index (χ1n) is 6.75. The van der Waals surface area contributed by atoms with Crippen molar-refractivity contribution in [3.8, 4) is 0 Å². The van der Waals surface area contributed by atoms with Crippen molar-refractivity contribution < 1.29 is 19.7 Å². The maximum atomic E-state index is 10.4. The first kappa shape index (κ1) is 14.9. The number of hydrogen-bond donors (Lipinski definition) is 4. The van der Waals surface area contributed by atoms with Crippen LogP contribution in [0.5, 0.6) is 0 Å². The summed E-state index contributed by atoms with van der Waals surface area (Å²) >= 11 is 0. The molecule has 0 amide bonds. The predicted molar refractivity (Wildman–Crippen MR) is 77.1 cm³/mol. The zero-order chi connectivity index (χ0) is 15.9. The number of rotatable bonds is 4. The van der Waals surface area contributed by atoms with Crippen molar-refractivity contribution in [2.75, 3.05) is 31.8 Å². The number of nitrogen functional groups attached to an aromatic ring is 1. The summed E-state index contributed by atoms with van der Waals surface area (Å²) in [6.45, 7) is -0.266. The van der Waals surface area contributed by atoms with Crippen molar-refractivity contribution in [3.63, 3.8) is 0 Å². The second kappa shape index (κ2) is 5.65. The van der Waals surface area contributed by atoms with Gasteiger partial charge in [-0.3, -0.25) is 4.57 Å². The molecule has 3 rings (SSSR count).